The highest BCUT2D eigenvalue weighted by Crippen LogP contribution is 2.33. The highest BCUT2D eigenvalue weighted by atomic mass is 35.5. The van der Waals surface area contributed by atoms with Crippen molar-refractivity contribution in [3.8, 4) is 23.0 Å². The fraction of sp³-hybridized carbons (Fsp3) is 0.174. The number of hydrogen-bond acceptors (Lipinski definition) is 6. The standard InChI is InChI=1S/C23H23ClN2O6S/c1-26(33(28,29)20-10-8-17(30-2)9-11-20)15-23(27)25-21-13-16(24)7-12-22(21)32-19-6-4-5-18(14-19)31-3/h4-14H,15H2,1-3H3,(H,25,27). The number of anilines is 1. The second kappa shape index (κ2) is 10.6. The SMILES string of the molecule is COc1ccc(S(=O)(=O)N(C)CC(=O)Nc2cc(Cl)ccc2Oc2cccc(OC)c2)cc1. The molecule has 3 aromatic carbocycles. The van der Waals surface area contributed by atoms with Crippen LogP contribution in [0.4, 0.5) is 5.69 Å². The van der Waals surface area contributed by atoms with Crippen LogP contribution in [0.3, 0.4) is 0 Å². The summed E-state index contributed by atoms with van der Waals surface area (Å²) in [6.45, 7) is -0.417. The van der Waals surface area contributed by atoms with Gasteiger partial charge in [-0.2, -0.15) is 4.31 Å². The molecular formula is C23H23ClN2O6S. The van der Waals surface area contributed by atoms with Crippen molar-refractivity contribution >= 4 is 33.2 Å². The summed E-state index contributed by atoms with van der Waals surface area (Å²) in [5.41, 5.74) is 0.297. The van der Waals surface area contributed by atoms with Crippen molar-refractivity contribution < 1.29 is 27.4 Å². The average Bonchev–Trinajstić information content (AvgIpc) is 2.81. The lowest BCUT2D eigenvalue weighted by Gasteiger charge is -2.18. The maximum absolute atomic E-state index is 12.8. The van der Waals surface area contributed by atoms with Crippen molar-refractivity contribution in [1.29, 1.82) is 0 Å². The van der Waals surface area contributed by atoms with Gasteiger partial charge in [0.2, 0.25) is 15.9 Å². The Morgan fingerprint density at radius 2 is 1.61 bits per heavy atom. The molecule has 3 rings (SSSR count). The van der Waals surface area contributed by atoms with Gasteiger partial charge in [0.15, 0.2) is 5.75 Å². The molecule has 0 bridgehead atoms. The maximum atomic E-state index is 12.8. The first-order chi connectivity index (χ1) is 15.7. The molecule has 1 N–H and O–H groups in total. The summed E-state index contributed by atoms with van der Waals surface area (Å²) in [5.74, 6) is 1.40. The van der Waals surface area contributed by atoms with E-state index in [1.807, 2.05) is 0 Å². The number of nitrogens with zero attached hydrogens (tertiary/aromatic N) is 1. The number of benzene rings is 3. The summed E-state index contributed by atoms with van der Waals surface area (Å²) in [4.78, 5) is 12.7. The van der Waals surface area contributed by atoms with E-state index < -0.39 is 22.5 Å². The first-order valence-electron chi connectivity index (χ1n) is 9.74. The van der Waals surface area contributed by atoms with Gasteiger partial charge >= 0.3 is 0 Å². The number of methoxy groups -OCH3 is 2. The zero-order valence-electron chi connectivity index (χ0n) is 18.2. The molecule has 0 atom stereocenters. The van der Waals surface area contributed by atoms with E-state index in [2.05, 4.69) is 5.32 Å². The number of amides is 1. The Bertz CT molecular complexity index is 1230. The van der Waals surface area contributed by atoms with Crippen molar-refractivity contribution in [2.75, 3.05) is 33.1 Å². The minimum Gasteiger partial charge on any atom is -0.497 e. The molecule has 0 aliphatic carbocycles. The van der Waals surface area contributed by atoms with E-state index in [-0.39, 0.29) is 4.90 Å². The van der Waals surface area contributed by atoms with E-state index in [0.717, 1.165) is 4.31 Å². The van der Waals surface area contributed by atoms with Crippen molar-refractivity contribution in [3.05, 3.63) is 71.8 Å². The van der Waals surface area contributed by atoms with Gasteiger partial charge in [0.05, 0.1) is 31.3 Å². The first kappa shape index (κ1) is 24.4. The Labute approximate surface area is 197 Å². The van der Waals surface area contributed by atoms with Crippen LogP contribution in [0, 0.1) is 0 Å². The van der Waals surface area contributed by atoms with Crippen molar-refractivity contribution in [3.63, 3.8) is 0 Å². The van der Waals surface area contributed by atoms with Crippen LogP contribution in [0.5, 0.6) is 23.0 Å². The van der Waals surface area contributed by atoms with Gasteiger partial charge in [0.25, 0.3) is 0 Å². The van der Waals surface area contributed by atoms with Crippen LogP contribution in [0.2, 0.25) is 5.02 Å². The van der Waals surface area contributed by atoms with Crippen LogP contribution in [0.1, 0.15) is 0 Å². The normalized spacial score (nSPS) is 11.2. The third-order valence-corrected chi connectivity index (χ3v) is 6.67. The quantitative estimate of drug-likeness (QED) is 0.477. The van der Waals surface area contributed by atoms with Gasteiger partial charge < -0.3 is 19.5 Å². The highest BCUT2D eigenvalue weighted by molar-refractivity contribution is 7.89. The van der Waals surface area contributed by atoms with E-state index in [1.165, 1.54) is 44.5 Å². The van der Waals surface area contributed by atoms with Crippen LogP contribution >= 0.6 is 11.6 Å². The molecule has 8 nitrogen and oxygen atoms in total. The van der Waals surface area contributed by atoms with E-state index in [9.17, 15) is 13.2 Å². The van der Waals surface area contributed by atoms with Crippen LogP contribution in [-0.2, 0) is 14.8 Å². The number of nitrogens with one attached hydrogen (secondary N) is 1. The number of carbonyl (C=O) groups excluding carboxylic acids is 1. The van der Waals surface area contributed by atoms with Gasteiger partial charge in [0.1, 0.15) is 17.2 Å². The maximum Gasteiger partial charge on any atom is 0.243 e. The molecule has 1 amide bonds. The molecule has 0 heterocycles. The van der Waals surface area contributed by atoms with Crippen LogP contribution in [0.25, 0.3) is 0 Å². The van der Waals surface area contributed by atoms with E-state index in [4.69, 9.17) is 25.8 Å². The van der Waals surface area contributed by atoms with Crippen molar-refractivity contribution in [2.24, 2.45) is 0 Å². The van der Waals surface area contributed by atoms with Gasteiger partial charge in [-0.1, -0.05) is 17.7 Å². The number of sulfonamides is 1. The summed E-state index contributed by atoms with van der Waals surface area (Å²) in [5, 5.41) is 3.04. The highest BCUT2D eigenvalue weighted by Gasteiger charge is 2.23. The van der Waals surface area contributed by atoms with Gasteiger partial charge in [-0.15, -0.1) is 0 Å². The number of hydrogen-bond donors (Lipinski definition) is 1. The van der Waals surface area contributed by atoms with Crippen LogP contribution in [-0.4, -0.2) is 46.4 Å². The van der Waals surface area contributed by atoms with Gasteiger partial charge in [0, 0.05) is 18.1 Å². The molecule has 0 aliphatic heterocycles. The summed E-state index contributed by atoms with van der Waals surface area (Å²) >= 11 is 6.09. The number of halogens is 1. The number of likely N-dealkylation sites (N-methyl/N-ethyl adjacent to an activating group) is 1. The largest absolute Gasteiger partial charge is 0.497 e. The molecule has 3 aromatic rings. The molecule has 0 saturated heterocycles. The molecule has 0 spiro atoms. The Kier molecular flexibility index (Phi) is 7.80. The van der Waals surface area contributed by atoms with Gasteiger partial charge in [-0.25, -0.2) is 8.42 Å². The predicted molar refractivity (Wildman–Crippen MR) is 126 cm³/mol. The number of ether oxygens (including phenoxy) is 3. The zero-order valence-corrected chi connectivity index (χ0v) is 19.8. The average molecular weight is 491 g/mol. The third-order valence-electron chi connectivity index (χ3n) is 4.62. The summed E-state index contributed by atoms with van der Waals surface area (Å²) in [7, 11) is 0.477. The van der Waals surface area contributed by atoms with E-state index in [0.29, 0.717) is 33.7 Å². The van der Waals surface area contributed by atoms with Crippen LogP contribution < -0.4 is 19.5 Å². The predicted octanol–water partition coefficient (Wildman–Crippen LogP) is 4.41. The monoisotopic (exact) mass is 490 g/mol. The van der Waals surface area contributed by atoms with Gasteiger partial charge in [-0.3, -0.25) is 4.79 Å². The molecule has 174 valence electrons. The summed E-state index contributed by atoms with van der Waals surface area (Å²) in [6.07, 6.45) is 0. The second-order valence-electron chi connectivity index (χ2n) is 6.91. The fourth-order valence-corrected chi connectivity index (χ4v) is 4.18. The Hall–Kier alpha value is -3.27. The van der Waals surface area contributed by atoms with Crippen LogP contribution in [0.15, 0.2) is 71.6 Å². The molecule has 0 fully saturated rings. The smallest absolute Gasteiger partial charge is 0.243 e. The summed E-state index contributed by atoms with van der Waals surface area (Å²) in [6, 6.07) is 17.6. The molecule has 0 aromatic heterocycles. The fourth-order valence-electron chi connectivity index (χ4n) is 2.89. The van der Waals surface area contributed by atoms with Gasteiger partial charge in [-0.05, 0) is 54.6 Å². The Morgan fingerprint density at radius 1 is 0.939 bits per heavy atom. The molecule has 0 radical (unpaired) electrons. The minimum absolute atomic E-state index is 0.0448. The second-order valence-corrected chi connectivity index (χ2v) is 9.39. The topological polar surface area (TPSA) is 94.2 Å². The van der Waals surface area contributed by atoms with Crippen molar-refractivity contribution in [1.82, 2.24) is 4.31 Å². The lowest BCUT2D eigenvalue weighted by atomic mass is 10.2. The lowest BCUT2D eigenvalue weighted by Crippen LogP contribution is -2.35. The van der Waals surface area contributed by atoms with E-state index >= 15 is 0 Å². The third kappa shape index (κ3) is 6.16. The molecule has 10 heteroatoms. The molecule has 33 heavy (non-hydrogen) atoms. The first-order valence-corrected chi connectivity index (χ1v) is 11.6. The molecule has 0 unspecified atom stereocenters. The molecule has 0 aliphatic rings. The number of carbonyl (C=O) groups is 1. The molecular weight excluding hydrogens is 468 g/mol. The minimum atomic E-state index is -3.88. The summed E-state index contributed by atoms with van der Waals surface area (Å²) < 4.78 is 42.6. The number of rotatable bonds is 9. The lowest BCUT2D eigenvalue weighted by molar-refractivity contribution is -0.116. The molecule has 0 saturated carbocycles. The Morgan fingerprint density at radius 3 is 2.27 bits per heavy atom. The Balaban J connectivity index is 1.74. The zero-order chi connectivity index (χ0) is 24.0. The van der Waals surface area contributed by atoms with E-state index in [1.54, 1.807) is 43.5 Å². The van der Waals surface area contributed by atoms with Crippen molar-refractivity contribution in [2.45, 2.75) is 4.90 Å².